The highest BCUT2D eigenvalue weighted by molar-refractivity contribution is 9.18. The summed E-state index contributed by atoms with van der Waals surface area (Å²) in [4.78, 5) is 0. The molecule has 1 nitrogen and oxygen atoms in total. The third-order valence-electron chi connectivity index (χ3n) is 0.563. The molecule has 0 saturated heterocycles. The molecular formula is C3H4BrNS. The highest BCUT2D eigenvalue weighted by Crippen LogP contribution is 2.17. The fourth-order valence-electron chi connectivity index (χ4n) is 0.291. The normalized spacial score (nSPS) is 21.2. The molecule has 0 radical (unpaired) electrons. The van der Waals surface area contributed by atoms with Gasteiger partial charge >= 0.3 is 0 Å². The van der Waals surface area contributed by atoms with E-state index in [2.05, 4.69) is 20.3 Å². The van der Waals surface area contributed by atoms with E-state index in [1.54, 1.807) is 11.9 Å². The van der Waals surface area contributed by atoms with Gasteiger partial charge in [-0.25, -0.2) is 4.40 Å². The minimum atomic E-state index is 1.10. The lowest BCUT2D eigenvalue weighted by molar-refractivity contribution is 1.38. The predicted molar refractivity (Wildman–Crippen MR) is 33.4 cm³/mol. The van der Waals surface area contributed by atoms with E-state index < -0.39 is 0 Å². The monoisotopic (exact) mass is 165 g/mol. The van der Waals surface area contributed by atoms with Crippen LogP contribution in [0.1, 0.15) is 6.42 Å². The largest absolute Gasteiger partial charge is 0.214 e. The van der Waals surface area contributed by atoms with Crippen molar-refractivity contribution in [1.29, 1.82) is 0 Å². The first kappa shape index (κ1) is 4.65. The maximum Gasteiger partial charge on any atom is 0.0921 e. The van der Waals surface area contributed by atoms with E-state index in [4.69, 9.17) is 0 Å². The number of rotatable bonds is 0. The Morgan fingerprint density at radius 3 is 2.83 bits per heavy atom. The van der Waals surface area contributed by atoms with E-state index in [-0.39, 0.29) is 0 Å². The fourth-order valence-corrected chi connectivity index (χ4v) is 1.67. The molecule has 0 aliphatic carbocycles. The molecule has 0 fully saturated rings. The summed E-state index contributed by atoms with van der Waals surface area (Å²) >= 11 is 4.89. The van der Waals surface area contributed by atoms with Gasteiger partial charge in [-0.1, -0.05) is 0 Å². The smallest absolute Gasteiger partial charge is 0.0921 e. The van der Waals surface area contributed by atoms with Crippen molar-refractivity contribution in [3.63, 3.8) is 0 Å². The van der Waals surface area contributed by atoms with Crippen molar-refractivity contribution in [2.75, 3.05) is 5.75 Å². The second-order valence-corrected chi connectivity index (χ2v) is 2.82. The summed E-state index contributed by atoms with van der Waals surface area (Å²) in [5.41, 5.74) is 0. The molecule has 0 aromatic rings. The van der Waals surface area contributed by atoms with Crippen LogP contribution in [0.25, 0.3) is 0 Å². The van der Waals surface area contributed by atoms with Crippen molar-refractivity contribution in [2.24, 2.45) is 4.40 Å². The van der Waals surface area contributed by atoms with E-state index in [1.807, 2.05) is 0 Å². The molecule has 1 aliphatic heterocycles. The molecule has 6 heavy (non-hydrogen) atoms. The first-order valence-corrected chi connectivity index (χ1v) is 3.47. The van der Waals surface area contributed by atoms with Gasteiger partial charge < -0.3 is 0 Å². The van der Waals surface area contributed by atoms with Gasteiger partial charge in [0.05, 0.1) is 4.62 Å². The molecule has 0 amide bonds. The van der Waals surface area contributed by atoms with Crippen molar-refractivity contribution < 1.29 is 0 Å². The summed E-state index contributed by atoms with van der Waals surface area (Å²) in [6.07, 6.45) is 1.12. The molecule has 0 atom stereocenters. The molecule has 0 unspecified atom stereocenters. The second-order valence-electron chi connectivity index (χ2n) is 1.05. The van der Waals surface area contributed by atoms with E-state index in [1.165, 1.54) is 0 Å². The third-order valence-corrected chi connectivity index (χ3v) is 2.11. The molecule has 0 N–H and O–H groups in total. The molecule has 1 aliphatic rings. The van der Waals surface area contributed by atoms with Gasteiger partial charge in [0.25, 0.3) is 0 Å². The van der Waals surface area contributed by atoms with Crippen LogP contribution in [0.2, 0.25) is 0 Å². The standard InChI is InChI=1S/C3H4BrNS/c4-3-1-2-6-5-3/h1-2H2. The van der Waals surface area contributed by atoms with Gasteiger partial charge in [-0.05, 0) is 27.9 Å². The number of nitrogens with zero attached hydrogens (tertiary/aromatic N) is 1. The predicted octanol–water partition coefficient (Wildman–Crippen LogP) is 1.83. The van der Waals surface area contributed by atoms with Crippen molar-refractivity contribution >= 4 is 32.5 Å². The topological polar surface area (TPSA) is 12.4 Å². The average Bonchev–Trinajstić information content (AvgIpc) is 1.86. The van der Waals surface area contributed by atoms with Crippen LogP contribution < -0.4 is 0 Å². The maximum atomic E-state index is 3.99. The third kappa shape index (κ3) is 0.980. The fraction of sp³-hybridized carbons (Fsp3) is 0.667. The van der Waals surface area contributed by atoms with Gasteiger partial charge in [-0.15, -0.1) is 0 Å². The Kier molecular flexibility index (Phi) is 1.54. The highest BCUT2D eigenvalue weighted by atomic mass is 79.9. The number of halogens is 1. The first-order valence-electron chi connectivity index (χ1n) is 1.74. The summed E-state index contributed by atoms with van der Waals surface area (Å²) in [5, 5.41) is 0. The van der Waals surface area contributed by atoms with Crippen molar-refractivity contribution in [3.8, 4) is 0 Å². The summed E-state index contributed by atoms with van der Waals surface area (Å²) < 4.78 is 5.09. The van der Waals surface area contributed by atoms with Gasteiger partial charge in [0.1, 0.15) is 0 Å². The Morgan fingerprint density at radius 2 is 2.67 bits per heavy atom. The Balaban J connectivity index is 2.45. The van der Waals surface area contributed by atoms with E-state index in [9.17, 15) is 0 Å². The molecule has 0 aromatic carbocycles. The van der Waals surface area contributed by atoms with Gasteiger partial charge in [-0.2, -0.15) is 0 Å². The van der Waals surface area contributed by atoms with Gasteiger partial charge in [0.15, 0.2) is 0 Å². The summed E-state index contributed by atoms with van der Waals surface area (Å²) in [5.74, 6) is 1.15. The summed E-state index contributed by atoms with van der Waals surface area (Å²) in [6, 6.07) is 0. The van der Waals surface area contributed by atoms with Crippen LogP contribution in [0.5, 0.6) is 0 Å². The molecule has 1 heterocycles. The zero-order valence-electron chi connectivity index (χ0n) is 3.15. The highest BCUT2D eigenvalue weighted by Gasteiger charge is 1.99. The van der Waals surface area contributed by atoms with Gasteiger partial charge in [0.2, 0.25) is 0 Å². The van der Waals surface area contributed by atoms with E-state index in [0.717, 1.165) is 16.8 Å². The molecule has 0 aromatic heterocycles. The quantitative estimate of drug-likeness (QED) is 0.500. The zero-order valence-corrected chi connectivity index (χ0v) is 5.55. The molecule has 34 valence electrons. The minimum Gasteiger partial charge on any atom is -0.214 e. The lowest BCUT2D eigenvalue weighted by atomic mass is 10.5. The molecular weight excluding hydrogens is 162 g/mol. The number of hydrogen-bond acceptors (Lipinski definition) is 2. The number of hydrogen-bond donors (Lipinski definition) is 0. The Hall–Kier alpha value is 0.500. The van der Waals surface area contributed by atoms with Crippen LogP contribution >= 0.6 is 27.9 Å². The van der Waals surface area contributed by atoms with Gasteiger partial charge in [0, 0.05) is 12.2 Å². The lowest BCUT2D eigenvalue weighted by Crippen LogP contribution is -1.75. The lowest BCUT2D eigenvalue weighted by Gasteiger charge is -1.71. The molecule has 0 bridgehead atoms. The SMILES string of the molecule is BrC1=NSCC1. The maximum absolute atomic E-state index is 3.99. The van der Waals surface area contributed by atoms with Crippen LogP contribution in [-0.2, 0) is 0 Å². The Labute approximate surface area is 49.5 Å². The van der Waals surface area contributed by atoms with Gasteiger partial charge in [-0.3, -0.25) is 0 Å². The summed E-state index contributed by atoms with van der Waals surface area (Å²) in [7, 11) is 0. The van der Waals surface area contributed by atoms with E-state index in [0.29, 0.717) is 0 Å². The van der Waals surface area contributed by atoms with Crippen LogP contribution in [0.4, 0.5) is 0 Å². The molecule has 0 spiro atoms. The zero-order chi connectivity index (χ0) is 4.41. The molecule has 1 rings (SSSR count). The second kappa shape index (κ2) is 1.98. The Bertz CT molecular complexity index is 80.9. The summed E-state index contributed by atoms with van der Waals surface area (Å²) in [6.45, 7) is 0. The van der Waals surface area contributed by atoms with Crippen molar-refractivity contribution in [2.45, 2.75) is 6.42 Å². The van der Waals surface area contributed by atoms with E-state index >= 15 is 0 Å². The molecule has 3 heteroatoms. The van der Waals surface area contributed by atoms with Crippen LogP contribution in [0.15, 0.2) is 4.40 Å². The Morgan fingerprint density at radius 1 is 1.83 bits per heavy atom. The van der Waals surface area contributed by atoms with Crippen LogP contribution in [-0.4, -0.2) is 10.4 Å². The van der Waals surface area contributed by atoms with Crippen LogP contribution in [0, 0.1) is 0 Å². The van der Waals surface area contributed by atoms with Crippen LogP contribution in [0.3, 0.4) is 0 Å². The average molecular weight is 166 g/mol. The van der Waals surface area contributed by atoms with Crippen molar-refractivity contribution in [3.05, 3.63) is 0 Å². The molecule has 0 saturated carbocycles. The van der Waals surface area contributed by atoms with Crippen molar-refractivity contribution in [1.82, 2.24) is 0 Å². The first-order chi connectivity index (χ1) is 2.89. The minimum absolute atomic E-state index is 1.10.